The van der Waals surface area contributed by atoms with E-state index in [0.29, 0.717) is 19.0 Å². The molecule has 0 bridgehead atoms. The van der Waals surface area contributed by atoms with Gasteiger partial charge in [0.2, 0.25) is 0 Å². The largest absolute Gasteiger partial charge is 0.369 e. The van der Waals surface area contributed by atoms with Crippen molar-refractivity contribution in [3.05, 3.63) is 46.6 Å². The Balaban J connectivity index is 1.83. The minimum atomic E-state index is 0.202. The molecule has 0 saturated carbocycles. The topological polar surface area (TPSA) is 51.0 Å². The molecule has 0 fully saturated rings. The standard InChI is InChI=1S/C10H10N2O2S/c15-10-11-9(12-14-10)7-13-6-8-4-2-1-3-5-8/h1-5H,6-7H2,(H,11,12,15). The number of aromatic nitrogens is 2. The predicted molar refractivity (Wildman–Crippen MR) is 56.6 cm³/mol. The SMILES string of the molecule is S=c1nc(COCc2ccccc2)[nH]o1. The molecule has 2 aromatic rings. The number of hydrogen-bond donors (Lipinski definition) is 1. The van der Waals surface area contributed by atoms with E-state index in [1.807, 2.05) is 30.3 Å². The summed E-state index contributed by atoms with van der Waals surface area (Å²) in [6.07, 6.45) is 0. The molecule has 15 heavy (non-hydrogen) atoms. The van der Waals surface area contributed by atoms with Crippen LogP contribution in [0, 0.1) is 4.84 Å². The highest BCUT2D eigenvalue weighted by atomic mass is 32.1. The van der Waals surface area contributed by atoms with Gasteiger partial charge in [-0.25, -0.2) is 5.16 Å². The molecule has 0 aliphatic carbocycles. The van der Waals surface area contributed by atoms with Gasteiger partial charge in [0.15, 0.2) is 5.82 Å². The summed E-state index contributed by atoms with van der Waals surface area (Å²) >= 11 is 4.71. The van der Waals surface area contributed by atoms with Crippen molar-refractivity contribution in [2.45, 2.75) is 13.2 Å². The molecule has 1 aromatic heterocycles. The molecule has 0 saturated heterocycles. The fourth-order valence-electron chi connectivity index (χ4n) is 1.16. The molecule has 0 atom stereocenters. The van der Waals surface area contributed by atoms with Crippen molar-refractivity contribution < 1.29 is 9.26 Å². The van der Waals surface area contributed by atoms with Gasteiger partial charge in [0.05, 0.1) is 6.61 Å². The highest BCUT2D eigenvalue weighted by Gasteiger charge is 1.98. The second-order valence-corrected chi connectivity index (χ2v) is 3.36. The number of aromatic amines is 1. The van der Waals surface area contributed by atoms with Crippen LogP contribution in [0.3, 0.4) is 0 Å². The van der Waals surface area contributed by atoms with E-state index in [2.05, 4.69) is 10.1 Å². The highest BCUT2D eigenvalue weighted by molar-refractivity contribution is 7.71. The molecular weight excluding hydrogens is 212 g/mol. The maximum absolute atomic E-state index is 5.42. The summed E-state index contributed by atoms with van der Waals surface area (Å²) in [4.78, 5) is 4.11. The molecule has 78 valence electrons. The molecule has 1 heterocycles. The van der Waals surface area contributed by atoms with E-state index < -0.39 is 0 Å². The van der Waals surface area contributed by atoms with Crippen LogP contribution in [0.4, 0.5) is 0 Å². The number of H-pyrrole nitrogens is 1. The van der Waals surface area contributed by atoms with Crippen molar-refractivity contribution in [2.24, 2.45) is 0 Å². The van der Waals surface area contributed by atoms with Crippen molar-refractivity contribution in [2.75, 3.05) is 0 Å². The molecule has 4 nitrogen and oxygen atoms in total. The second-order valence-electron chi connectivity index (χ2n) is 3.01. The van der Waals surface area contributed by atoms with Gasteiger partial charge in [-0.05, 0) is 17.8 Å². The van der Waals surface area contributed by atoms with E-state index in [1.165, 1.54) is 0 Å². The predicted octanol–water partition coefficient (Wildman–Crippen LogP) is 2.45. The molecule has 0 radical (unpaired) electrons. The lowest BCUT2D eigenvalue weighted by Gasteiger charge is -2.00. The summed E-state index contributed by atoms with van der Waals surface area (Å²) in [5.41, 5.74) is 1.12. The first-order valence-corrected chi connectivity index (χ1v) is 4.91. The lowest BCUT2D eigenvalue weighted by molar-refractivity contribution is 0.0999. The molecule has 5 heteroatoms. The quantitative estimate of drug-likeness (QED) is 0.807. The zero-order chi connectivity index (χ0) is 10.5. The Labute approximate surface area is 91.9 Å². The monoisotopic (exact) mass is 222 g/mol. The van der Waals surface area contributed by atoms with Gasteiger partial charge in [0.25, 0.3) is 0 Å². The molecule has 0 spiro atoms. The van der Waals surface area contributed by atoms with Crippen molar-refractivity contribution in [1.82, 2.24) is 10.1 Å². The third kappa shape index (κ3) is 3.00. The molecular formula is C10H10N2O2S. The fourth-order valence-corrected chi connectivity index (χ4v) is 1.31. The lowest BCUT2D eigenvalue weighted by atomic mass is 10.2. The Hall–Kier alpha value is -1.46. The Kier molecular flexibility index (Phi) is 3.26. The summed E-state index contributed by atoms with van der Waals surface area (Å²) < 4.78 is 10.2. The van der Waals surface area contributed by atoms with E-state index >= 15 is 0 Å². The van der Waals surface area contributed by atoms with Crippen molar-refractivity contribution >= 4 is 12.2 Å². The van der Waals surface area contributed by atoms with Crippen LogP contribution in [0.1, 0.15) is 11.4 Å². The van der Waals surface area contributed by atoms with Crippen molar-refractivity contribution in [3.63, 3.8) is 0 Å². The van der Waals surface area contributed by atoms with Crippen LogP contribution in [0.25, 0.3) is 0 Å². The van der Waals surface area contributed by atoms with E-state index in [1.54, 1.807) is 0 Å². The number of nitrogens with one attached hydrogen (secondary N) is 1. The maximum atomic E-state index is 5.42. The average Bonchev–Trinajstić information content (AvgIpc) is 2.66. The van der Waals surface area contributed by atoms with E-state index in [-0.39, 0.29) is 4.84 Å². The number of nitrogens with zero attached hydrogens (tertiary/aromatic N) is 1. The first-order valence-electron chi connectivity index (χ1n) is 4.50. The summed E-state index contributed by atoms with van der Waals surface area (Å²) in [5.74, 6) is 0.607. The molecule has 0 aliphatic heterocycles. The fraction of sp³-hybridized carbons (Fsp3) is 0.200. The smallest absolute Gasteiger partial charge is 0.314 e. The van der Waals surface area contributed by atoms with Gasteiger partial charge < -0.3 is 9.26 Å². The van der Waals surface area contributed by atoms with Gasteiger partial charge in [-0.15, -0.1) is 0 Å². The normalized spacial score (nSPS) is 10.4. The average molecular weight is 222 g/mol. The van der Waals surface area contributed by atoms with Gasteiger partial charge in [0, 0.05) is 0 Å². The second kappa shape index (κ2) is 4.86. The van der Waals surface area contributed by atoms with E-state index in [9.17, 15) is 0 Å². The molecule has 1 aromatic carbocycles. The Morgan fingerprint density at radius 1 is 1.27 bits per heavy atom. The number of rotatable bonds is 4. The highest BCUT2D eigenvalue weighted by Crippen LogP contribution is 2.02. The minimum Gasteiger partial charge on any atom is -0.369 e. The summed E-state index contributed by atoms with van der Waals surface area (Å²) in [5, 5.41) is 2.58. The molecule has 2 rings (SSSR count). The third-order valence-electron chi connectivity index (χ3n) is 1.83. The van der Waals surface area contributed by atoms with Gasteiger partial charge in [-0.2, -0.15) is 4.98 Å². The van der Waals surface area contributed by atoms with Crippen LogP contribution < -0.4 is 0 Å². The Bertz CT molecular complexity index is 464. The van der Waals surface area contributed by atoms with Crippen molar-refractivity contribution in [1.29, 1.82) is 0 Å². The molecule has 1 N–H and O–H groups in total. The van der Waals surface area contributed by atoms with Gasteiger partial charge >= 0.3 is 4.84 Å². The van der Waals surface area contributed by atoms with Gasteiger partial charge in [0.1, 0.15) is 6.61 Å². The summed E-state index contributed by atoms with van der Waals surface area (Å²) in [7, 11) is 0. The number of hydrogen-bond acceptors (Lipinski definition) is 4. The third-order valence-corrected chi connectivity index (χ3v) is 2.01. The van der Waals surface area contributed by atoms with E-state index in [0.717, 1.165) is 5.56 Å². The molecule has 0 amide bonds. The Morgan fingerprint density at radius 3 is 2.73 bits per heavy atom. The summed E-state index contributed by atoms with van der Waals surface area (Å²) in [6.45, 7) is 0.920. The van der Waals surface area contributed by atoms with Crippen molar-refractivity contribution in [3.8, 4) is 0 Å². The lowest BCUT2D eigenvalue weighted by Crippen LogP contribution is -1.95. The minimum absolute atomic E-state index is 0.202. The van der Waals surface area contributed by atoms with Crippen LogP contribution in [-0.2, 0) is 18.0 Å². The van der Waals surface area contributed by atoms with Crippen LogP contribution in [0.2, 0.25) is 0 Å². The zero-order valence-corrected chi connectivity index (χ0v) is 8.79. The van der Waals surface area contributed by atoms with Crippen LogP contribution >= 0.6 is 12.2 Å². The van der Waals surface area contributed by atoms with Crippen LogP contribution in [-0.4, -0.2) is 10.1 Å². The molecule has 0 aliphatic rings. The first kappa shape index (κ1) is 10.1. The van der Waals surface area contributed by atoms with Gasteiger partial charge in [-0.3, -0.25) is 0 Å². The summed E-state index contributed by atoms with van der Waals surface area (Å²) in [6, 6.07) is 9.93. The van der Waals surface area contributed by atoms with Crippen LogP contribution in [0.5, 0.6) is 0 Å². The molecule has 0 unspecified atom stereocenters. The first-order chi connectivity index (χ1) is 7.34. The number of ether oxygens (including phenoxy) is 1. The van der Waals surface area contributed by atoms with Crippen LogP contribution in [0.15, 0.2) is 34.9 Å². The Morgan fingerprint density at radius 2 is 2.07 bits per heavy atom. The maximum Gasteiger partial charge on any atom is 0.314 e. The zero-order valence-electron chi connectivity index (χ0n) is 7.97. The number of benzene rings is 1. The van der Waals surface area contributed by atoms with E-state index in [4.69, 9.17) is 21.5 Å². The van der Waals surface area contributed by atoms with Gasteiger partial charge in [-0.1, -0.05) is 30.3 Å².